The summed E-state index contributed by atoms with van der Waals surface area (Å²) in [5.41, 5.74) is 1.27. The molecule has 68 valence electrons. The van der Waals surface area contributed by atoms with Crippen LogP contribution in [0.5, 0.6) is 0 Å². The first-order chi connectivity index (χ1) is 6.42. The summed E-state index contributed by atoms with van der Waals surface area (Å²) in [6, 6.07) is 10.3. The van der Waals surface area contributed by atoms with Crippen LogP contribution in [0.1, 0.15) is 31.4 Å². The summed E-state index contributed by atoms with van der Waals surface area (Å²) in [6.45, 7) is 2.18. The second kappa shape index (κ2) is 3.65. The fourth-order valence-electron chi connectivity index (χ4n) is 1.40. The van der Waals surface area contributed by atoms with Crippen molar-refractivity contribution >= 4 is 0 Å². The second-order valence-corrected chi connectivity index (χ2v) is 3.30. The fourth-order valence-corrected chi connectivity index (χ4v) is 1.40. The number of hydrogen-bond donors (Lipinski definition) is 0. The molecule has 1 heterocycles. The van der Waals surface area contributed by atoms with Crippen molar-refractivity contribution in [1.82, 2.24) is 0 Å². The van der Waals surface area contributed by atoms with E-state index in [2.05, 4.69) is 37.3 Å². The zero-order valence-corrected chi connectivity index (χ0v) is 7.86. The van der Waals surface area contributed by atoms with Gasteiger partial charge in [-0.05, 0) is 18.1 Å². The van der Waals surface area contributed by atoms with Crippen molar-refractivity contribution in [2.75, 3.05) is 0 Å². The Balaban J connectivity index is 2.00. The van der Waals surface area contributed by atoms with Crippen molar-refractivity contribution in [3.05, 3.63) is 47.7 Å². The van der Waals surface area contributed by atoms with Crippen LogP contribution >= 0.6 is 0 Å². The van der Waals surface area contributed by atoms with E-state index in [1.54, 1.807) is 0 Å². The van der Waals surface area contributed by atoms with E-state index < -0.39 is 0 Å². The maximum absolute atomic E-state index is 5.47. The molecule has 1 heteroatoms. The summed E-state index contributed by atoms with van der Waals surface area (Å²) in [7, 11) is 0. The molecule has 0 aromatic heterocycles. The Bertz CT molecular complexity index is 300. The Morgan fingerprint density at radius 3 is 2.77 bits per heavy atom. The Morgan fingerprint density at radius 1 is 1.31 bits per heavy atom. The third-order valence-corrected chi connectivity index (χ3v) is 2.19. The molecule has 0 aliphatic carbocycles. The number of allylic oxidation sites excluding steroid dienone is 1. The molecule has 0 saturated carbocycles. The number of unbranched alkanes of at least 4 members (excludes halogenated alkanes) is 1. The highest BCUT2D eigenvalue weighted by molar-refractivity contribution is 5.30. The average Bonchev–Trinajstić information content (AvgIpc) is 2.95. The summed E-state index contributed by atoms with van der Waals surface area (Å²) in [6.07, 6.45) is 4.76. The van der Waals surface area contributed by atoms with Crippen LogP contribution in [0.4, 0.5) is 0 Å². The van der Waals surface area contributed by atoms with Crippen molar-refractivity contribution in [3.63, 3.8) is 0 Å². The van der Waals surface area contributed by atoms with E-state index in [9.17, 15) is 0 Å². The molecule has 2 rings (SSSR count). The maximum atomic E-state index is 5.47. The van der Waals surface area contributed by atoms with Gasteiger partial charge < -0.3 is 4.74 Å². The minimum absolute atomic E-state index is 0.257. The zero-order valence-electron chi connectivity index (χ0n) is 7.86. The van der Waals surface area contributed by atoms with Crippen molar-refractivity contribution in [2.24, 2.45) is 0 Å². The van der Waals surface area contributed by atoms with Gasteiger partial charge in [0.05, 0.1) is 0 Å². The smallest absolute Gasteiger partial charge is 0.180 e. The van der Waals surface area contributed by atoms with E-state index in [0.29, 0.717) is 0 Å². The van der Waals surface area contributed by atoms with Crippen molar-refractivity contribution in [1.29, 1.82) is 0 Å². The van der Waals surface area contributed by atoms with Gasteiger partial charge in [0, 0.05) is 0 Å². The number of benzene rings is 1. The number of rotatable bonds is 3. The molecule has 1 aliphatic heterocycles. The van der Waals surface area contributed by atoms with Gasteiger partial charge in [0.1, 0.15) is 5.76 Å². The van der Waals surface area contributed by atoms with Crippen molar-refractivity contribution in [3.8, 4) is 0 Å². The molecular weight excluding hydrogens is 160 g/mol. The lowest BCUT2D eigenvalue weighted by atomic mass is 10.1. The molecule has 0 bridgehead atoms. The third-order valence-electron chi connectivity index (χ3n) is 2.19. The summed E-state index contributed by atoms with van der Waals surface area (Å²) in [5, 5.41) is 0. The molecule has 1 aromatic rings. The summed E-state index contributed by atoms with van der Waals surface area (Å²) in [4.78, 5) is 0. The summed E-state index contributed by atoms with van der Waals surface area (Å²) >= 11 is 0. The molecule has 1 unspecified atom stereocenters. The quantitative estimate of drug-likeness (QED) is 0.639. The van der Waals surface area contributed by atoms with Crippen molar-refractivity contribution in [2.45, 2.75) is 25.9 Å². The molecule has 0 amide bonds. The summed E-state index contributed by atoms with van der Waals surface area (Å²) in [5.74, 6) is 1.15. The molecule has 1 atom stereocenters. The SMILES string of the molecule is CCCC=C1OC1c1ccccc1. The van der Waals surface area contributed by atoms with Crippen LogP contribution in [0.2, 0.25) is 0 Å². The molecule has 13 heavy (non-hydrogen) atoms. The van der Waals surface area contributed by atoms with E-state index in [0.717, 1.165) is 12.2 Å². The van der Waals surface area contributed by atoms with Crippen molar-refractivity contribution < 1.29 is 4.74 Å². The van der Waals surface area contributed by atoms with Crippen LogP contribution in [0.3, 0.4) is 0 Å². The van der Waals surface area contributed by atoms with E-state index in [1.165, 1.54) is 12.0 Å². The molecular formula is C12H14O. The molecule has 0 N–H and O–H groups in total. The van der Waals surface area contributed by atoms with Gasteiger partial charge in [0.2, 0.25) is 0 Å². The molecule has 1 aromatic carbocycles. The van der Waals surface area contributed by atoms with Crippen LogP contribution in [-0.2, 0) is 4.74 Å². The number of ether oxygens (including phenoxy) is 1. The minimum Gasteiger partial charge on any atom is -0.478 e. The highest BCUT2D eigenvalue weighted by atomic mass is 16.6. The highest BCUT2D eigenvalue weighted by Crippen LogP contribution is 2.42. The maximum Gasteiger partial charge on any atom is 0.180 e. The average molecular weight is 174 g/mol. The monoisotopic (exact) mass is 174 g/mol. The number of epoxide rings is 1. The Kier molecular flexibility index (Phi) is 2.35. The molecule has 1 saturated heterocycles. The van der Waals surface area contributed by atoms with Gasteiger partial charge >= 0.3 is 0 Å². The first-order valence-electron chi connectivity index (χ1n) is 4.83. The fraction of sp³-hybridized carbons (Fsp3) is 0.333. The lowest BCUT2D eigenvalue weighted by molar-refractivity contribution is 0.435. The summed E-state index contributed by atoms with van der Waals surface area (Å²) < 4.78 is 5.47. The predicted molar refractivity (Wildman–Crippen MR) is 53.3 cm³/mol. The first-order valence-corrected chi connectivity index (χ1v) is 4.83. The first kappa shape index (κ1) is 8.36. The standard InChI is InChI=1S/C12H14O/c1-2-3-9-11-12(13-11)10-7-5-4-6-8-10/h4-9,12H,2-3H2,1H3. The van der Waals surface area contributed by atoms with Crippen LogP contribution in [0.15, 0.2) is 42.2 Å². The number of hydrogen-bond acceptors (Lipinski definition) is 1. The van der Waals surface area contributed by atoms with E-state index in [-0.39, 0.29) is 6.10 Å². The molecule has 1 nitrogen and oxygen atoms in total. The zero-order chi connectivity index (χ0) is 9.10. The Hall–Kier alpha value is -1.24. The van der Waals surface area contributed by atoms with Gasteiger partial charge in [-0.15, -0.1) is 0 Å². The Labute approximate surface area is 79.0 Å². The lowest BCUT2D eigenvalue weighted by Gasteiger charge is -1.89. The lowest BCUT2D eigenvalue weighted by Crippen LogP contribution is -1.76. The van der Waals surface area contributed by atoms with Crippen LogP contribution in [0, 0.1) is 0 Å². The van der Waals surface area contributed by atoms with E-state index in [4.69, 9.17) is 4.74 Å². The largest absolute Gasteiger partial charge is 0.478 e. The van der Waals surface area contributed by atoms with Gasteiger partial charge in [0.25, 0.3) is 0 Å². The predicted octanol–water partition coefficient (Wildman–Crippen LogP) is 3.44. The van der Waals surface area contributed by atoms with Gasteiger partial charge in [-0.2, -0.15) is 0 Å². The highest BCUT2D eigenvalue weighted by Gasteiger charge is 2.33. The van der Waals surface area contributed by atoms with Gasteiger partial charge in [-0.3, -0.25) is 0 Å². The Morgan fingerprint density at radius 2 is 2.08 bits per heavy atom. The van der Waals surface area contributed by atoms with Crippen LogP contribution in [-0.4, -0.2) is 0 Å². The normalized spacial score (nSPS) is 22.8. The van der Waals surface area contributed by atoms with Crippen LogP contribution in [0.25, 0.3) is 0 Å². The molecule has 0 spiro atoms. The molecule has 0 radical (unpaired) electrons. The van der Waals surface area contributed by atoms with Gasteiger partial charge in [-0.1, -0.05) is 43.7 Å². The topological polar surface area (TPSA) is 12.5 Å². The van der Waals surface area contributed by atoms with E-state index >= 15 is 0 Å². The van der Waals surface area contributed by atoms with Crippen LogP contribution < -0.4 is 0 Å². The van der Waals surface area contributed by atoms with Gasteiger partial charge in [0.15, 0.2) is 6.10 Å². The van der Waals surface area contributed by atoms with Gasteiger partial charge in [-0.25, -0.2) is 0 Å². The second-order valence-electron chi connectivity index (χ2n) is 3.30. The third kappa shape index (κ3) is 1.92. The molecule has 1 aliphatic rings. The minimum atomic E-state index is 0.257. The van der Waals surface area contributed by atoms with E-state index in [1.807, 2.05) is 6.07 Å². The molecule has 1 fully saturated rings.